The van der Waals surface area contributed by atoms with Gasteiger partial charge in [0.2, 0.25) is 0 Å². The molecule has 6 heteroatoms. The highest BCUT2D eigenvalue weighted by atomic mass is 35.5. The first kappa shape index (κ1) is 19.7. The van der Waals surface area contributed by atoms with E-state index in [2.05, 4.69) is 22.1 Å². The normalized spacial score (nSPS) is 14.9. The van der Waals surface area contributed by atoms with Gasteiger partial charge in [-0.15, -0.1) is 0 Å². The zero-order chi connectivity index (χ0) is 20.4. The molecule has 1 amide bonds. The summed E-state index contributed by atoms with van der Waals surface area (Å²) in [7, 11) is 0. The molecule has 1 aliphatic rings. The van der Waals surface area contributed by atoms with Crippen LogP contribution in [0.15, 0.2) is 54.6 Å². The van der Waals surface area contributed by atoms with Crippen LogP contribution >= 0.6 is 11.6 Å². The van der Waals surface area contributed by atoms with E-state index >= 15 is 0 Å². The average Bonchev–Trinajstić information content (AvgIpc) is 3.08. The predicted molar refractivity (Wildman–Crippen MR) is 116 cm³/mol. The summed E-state index contributed by atoms with van der Waals surface area (Å²) >= 11 is 5.96. The molecule has 4 rings (SSSR count). The molecule has 2 aromatic carbocycles. The average molecular weight is 409 g/mol. The lowest BCUT2D eigenvalue weighted by Crippen LogP contribution is -2.48. The standard InChI is InChI=1S/C23H25ClN4O/c1-17-15-18(2)28(25-17)22-9-5-20(6-10-22)23(29)27-13-11-26(12-14-27)16-19-3-7-21(24)8-4-19/h3-10,15H,11-14,16H2,1-2H3. The first-order chi connectivity index (χ1) is 14.0. The SMILES string of the molecule is Cc1cc(C)n(-c2ccc(C(=O)N3CCN(Cc4ccc(Cl)cc4)CC3)cc2)n1. The van der Waals surface area contributed by atoms with Crippen LogP contribution in [0.1, 0.15) is 27.3 Å². The smallest absolute Gasteiger partial charge is 0.253 e. The number of nitrogens with zero attached hydrogens (tertiary/aromatic N) is 4. The Bertz CT molecular complexity index is 987. The number of amides is 1. The van der Waals surface area contributed by atoms with Crippen molar-refractivity contribution in [3.05, 3.63) is 82.1 Å². The topological polar surface area (TPSA) is 41.4 Å². The van der Waals surface area contributed by atoms with E-state index in [0.717, 1.165) is 60.4 Å². The van der Waals surface area contributed by atoms with E-state index in [-0.39, 0.29) is 5.91 Å². The van der Waals surface area contributed by atoms with Crippen LogP contribution in [0.25, 0.3) is 5.69 Å². The Balaban J connectivity index is 1.35. The highest BCUT2D eigenvalue weighted by molar-refractivity contribution is 6.30. The van der Waals surface area contributed by atoms with Crippen LogP contribution in [0.2, 0.25) is 5.02 Å². The van der Waals surface area contributed by atoms with Crippen LogP contribution in [0.4, 0.5) is 0 Å². The van der Waals surface area contributed by atoms with Gasteiger partial charge in [-0.1, -0.05) is 23.7 Å². The molecule has 0 unspecified atom stereocenters. The summed E-state index contributed by atoms with van der Waals surface area (Å²) in [5.41, 5.74) is 5.01. The molecule has 29 heavy (non-hydrogen) atoms. The summed E-state index contributed by atoms with van der Waals surface area (Å²) in [6.45, 7) is 8.13. The van der Waals surface area contributed by atoms with Crippen LogP contribution in [0.3, 0.4) is 0 Å². The maximum atomic E-state index is 12.9. The number of piperazine rings is 1. The van der Waals surface area contributed by atoms with E-state index in [1.807, 2.05) is 65.9 Å². The summed E-state index contributed by atoms with van der Waals surface area (Å²) in [4.78, 5) is 17.2. The second-order valence-electron chi connectivity index (χ2n) is 7.58. The fraction of sp³-hybridized carbons (Fsp3) is 0.304. The summed E-state index contributed by atoms with van der Waals surface area (Å²) in [6.07, 6.45) is 0. The monoisotopic (exact) mass is 408 g/mol. The Kier molecular flexibility index (Phi) is 5.69. The molecule has 1 aliphatic heterocycles. The Morgan fingerprint density at radius 3 is 2.21 bits per heavy atom. The summed E-state index contributed by atoms with van der Waals surface area (Å²) < 4.78 is 1.90. The van der Waals surface area contributed by atoms with Crippen molar-refractivity contribution in [3.63, 3.8) is 0 Å². The van der Waals surface area contributed by atoms with Crippen molar-refractivity contribution >= 4 is 17.5 Å². The minimum absolute atomic E-state index is 0.0936. The van der Waals surface area contributed by atoms with Gasteiger partial charge >= 0.3 is 0 Å². The molecule has 0 bridgehead atoms. The molecule has 0 aliphatic carbocycles. The van der Waals surface area contributed by atoms with E-state index in [9.17, 15) is 4.79 Å². The number of carbonyl (C=O) groups is 1. The third kappa shape index (κ3) is 4.52. The highest BCUT2D eigenvalue weighted by Crippen LogP contribution is 2.16. The van der Waals surface area contributed by atoms with Gasteiger partial charge in [-0.3, -0.25) is 9.69 Å². The predicted octanol–water partition coefficient (Wildman–Crippen LogP) is 4.10. The molecule has 3 aromatic rings. The molecule has 0 saturated carbocycles. The van der Waals surface area contributed by atoms with Gasteiger partial charge in [-0.2, -0.15) is 5.10 Å². The van der Waals surface area contributed by atoms with Crippen LogP contribution in [-0.2, 0) is 6.54 Å². The van der Waals surface area contributed by atoms with Gasteiger partial charge in [0.25, 0.3) is 5.91 Å². The van der Waals surface area contributed by atoms with Crippen molar-refractivity contribution in [1.29, 1.82) is 0 Å². The van der Waals surface area contributed by atoms with Gasteiger partial charge in [0.15, 0.2) is 0 Å². The quantitative estimate of drug-likeness (QED) is 0.652. The Labute approximate surface area is 176 Å². The molecule has 5 nitrogen and oxygen atoms in total. The fourth-order valence-electron chi connectivity index (χ4n) is 3.78. The molecule has 0 N–H and O–H groups in total. The van der Waals surface area contributed by atoms with E-state index in [1.54, 1.807) is 0 Å². The lowest BCUT2D eigenvalue weighted by atomic mass is 10.1. The van der Waals surface area contributed by atoms with Crippen molar-refractivity contribution in [1.82, 2.24) is 19.6 Å². The summed E-state index contributed by atoms with van der Waals surface area (Å²) in [5, 5.41) is 5.26. The van der Waals surface area contributed by atoms with E-state index in [0.29, 0.717) is 0 Å². The molecular weight excluding hydrogens is 384 g/mol. The van der Waals surface area contributed by atoms with Gasteiger partial charge in [0.05, 0.1) is 11.4 Å². The number of rotatable bonds is 4. The van der Waals surface area contributed by atoms with Crippen molar-refractivity contribution in [2.24, 2.45) is 0 Å². The van der Waals surface area contributed by atoms with E-state index in [4.69, 9.17) is 11.6 Å². The largest absolute Gasteiger partial charge is 0.336 e. The van der Waals surface area contributed by atoms with Gasteiger partial charge in [0.1, 0.15) is 0 Å². The Hall–Kier alpha value is -2.63. The minimum atomic E-state index is 0.0936. The summed E-state index contributed by atoms with van der Waals surface area (Å²) in [6, 6.07) is 17.7. The molecule has 150 valence electrons. The lowest BCUT2D eigenvalue weighted by Gasteiger charge is -2.34. The van der Waals surface area contributed by atoms with Crippen LogP contribution in [0, 0.1) is 13.8 Å². The van der Waals surface area contributed by atoms with Crippen molar-refractivity contribution in [3.8, 4) is 5.69 Å². The Morgan fingerprint density at radius 1 is 0.966 bits per heavy atom. The minimum Gasteiger partial charge on any atom is -0.336 e. The second kappa shape index (κ2) is 8.39. The zero-order valence-electron chi connectivity index (χ0n) is 16.8. The number of aryl methyl sites for hydroxylation is 2. The lowest BCUT2D eigenvalue weighted by molar-refractivity contribution is 0.0628. The molecule has 2 heterocycles. The molecular formula is C23H25ClN4O. The Morgan fingerprint density at radius 2 is 1.62 bits per heavy atom. The highest BCUT2D eigenvalue weighted by Gasteiger charge is 2.22. The van der Waals surface area contributed by atoms with E-state index in [1.165, 1.54) is 5.56 Å². The van der Waals surface area contributed by atoms with E-state index < -0.39 is 0 Å². The summed E-state index contributed by atoms with van der Waals surface area (Å²) in [5.74, 6) is 0.0936. The maximum Gasteiger partial charge on any atom is 0.253 e. The van der Waals surface area contributed by atoms with Gasteiger partial charge in [0, 0.05) is 49.0 Å². The van der Waals surface area contributed by atoms with Crippen molar-refractivity contribution in [2.75, 3.05) is 26.2 Å². The first-order valence-electron chi connectivity index (χ1n) is 9.89. The number of benzene rings is 2. The molecule has 1 saturated heterocycles. The third-order valence-corrected chi connectivity index (χ3v) is 5.60. The third-order valence-electron chi connectivity index (χ3n) is 5.35. The van der Waals surface area contributed by atoms with Crippen molar-refractivity contribution in [2.45, 2.75) is 20.4 Å². The molecule has 0 atom stereocenters. The fourth-order valence-corrected chi connectivity index (χ4v) is 3.90. The second-order valence-corrected chi connectivity index (χ2v) is 8.02. The number of hydrogen-bond acceptors (Lipinski definition) is 3. The van der Waals surface area contributed by atoms with Crippen molar-refractivity contribution < 1.29 is 4.79 Å². The number of aromatic nitrogens is 2. The number of carbonyl (C=O) groups excluding carboxylic acids is 1. The number of hydrogen-bond donors (Lipinski definition) is 0. The van der Waals surface area contributed by atoms with Gasteiger partial charge < -0.3 is 4.90 Å². The molecule has 1 fully saturated rings. The van der Waals surface area contributed by atoms with Crippen LogP contribution in [-0.4, -0.2) is 51.7 Å². The van der Waals surface area contributed by atoms with Gasteiger partial charge in [-0.05, 0) is 61.9 Å². The zero-order valence-corrected chi connectivity index (χ0v) is 17.6. The maximum absolute atomic E-state index is 12.9. The van der Waals surface area contributed by atoms with Crippen LogP contribution in [0.5, 0.6) is 0 Å². The number of halogens is 1. The first-order valence-corrected chi connectivity index (χ1v) is 10.3. The van der Waals surface area contributed by atoms with Crippen LogP contribution < -0.4 is 0 Å². The molecule has 0 spiro atoms. The molecule has 1 aromatic heterocycles. The molecule has 0 radical (unpaired) electrons. The van der Waals surface area contributed by atoms with Gasteiger partial charge in [-0.25, -0.2) is 4.68 Å².